The largest absolute Gasteiger partial charge is 0.768 e. The van der Waals surface area contributed by atoms with Crippen LogP contribution in [-0.4, -0.2) is 133 Å². The van der Waals surface area contributed by atoms with E-state index in [1.165, 1.54) is 0 Å². The molecule has 0 saturated carbocycles. The average Bonchev–Trinajstić information content (AvgIpc) is 2.50. The molecule has 0 aromatic carbocycles. The predicted molar refractivity (Wildman–Crippen MR) is 72.6 cm³/mol. The van der Waals surface area contributed by atoms with Crippen molar-refractivity contribution in [3.63, 3.8) is 0 Å². The van der Waals surface area contributed by atoms with Crippen LogP contribution in [0.5, 0.6) is 0 Å². The Hall–Kier alpha value is 1.02. The molecule has 0 aromatic rings. The summed E-state index contributed by atoms with van der Waals surface area (Å²) in [6.45, 7) is 0. The molecule has 0 aliphatic carbocycles. The summed E-state index contributed by atoms with van der Waals surface area (Å²) in [7, 11) is 0. The minimum atomic E-state index is -8.13. The standard InChI is InChI=1S/C8H2F16N2O4S2.2Na/c9-1(10)2(11,12)26(6(19,20)8(23,24)32(29)30)4(15,16)3(13,14)25(1)5(17,18)7(21,22)31(27)28;;/h(H,27,28)(H,29,30);;/p-2. The Morgan fingerprint density at radius 2 is 0.647 bits per heavy atom. The number of hydrogen-bond acceptors (Lipinski definition) is 6. The number of piperazine rings is 1. The van der Waals surface area contributed by atoms with Gasteiger partial charge in [0.2, 0.25) is 0 Å². The van der Waals surface area contributed by atoms with Crippen LogP contribution in [0.4, 0.5) is 70.2 Å². The minimum absolute atomic E-state index is 0. The maximum atomic E-state index is 13.7. The van der Waals surface area contributed by atoms with E-state index in [1.54, 1.807) is 0 Å². The molecule has 1 rings (SSSR count). The molecule has 1 aliphatic heterocycles. The molecule has 6 nitrogen and oxygen atoms in total. The van der Waals surface area contributed by atoms with E-state index in [2.05, 4.69) is 0 Å². The second kappa shape index (κ2) is 9.96. The van der Waals surface area contributed by atoms with Gasteiger partial charge in [0, 0.05) is 81.3 Å². The molecule has 2 atom stereocenters. The maximum absolute atomic E-state index is 13.7. The molecule has 26 heteroatoms. The van der Waals surface area contributed by atoms with Crippen molar-refractivity contribution in [2.75, 3.05) is 0 Å². The first-order valence-corrected chi connectivity index (χ1v) is 8.59. The summed E-state index contributed by atoms with van der Waals surface area (Å²) in [5, 5.41) is -14.6. The van der Waals surface area contributed by atoms with Gasteiger partial charge in [-0.2, -0.15) is 70.2 Å². The maximum Gasteiger partial charge on any atom is 0.392 e. The number of hydrogen-bond donors (Lipinski definition) is 0. The zero-order valence-corrected chi connectivity index (χ0v) is 21.0. The van der Waals surface area contributed by atoms with Gasteiger partial charge in [0.25, 0.3) is 0 Å². The summed E-state index contributed by atoms with van der Waals surface area (Å²) < 4.78 is 256. The third-order valence-corrected chi connectivity index (χ3v) is 4.86. The van der Waals surface area contributed by atoms with Gasteiger partial charge in [-0.15, -0.1) is 9.80 Å². The molecule has 1 saturated heterocycles. The van der Waals surface area contributed by atoms with Crippen molar-refractivity contribution in [3.8, 4) is 0 Å². The van der Waals surface area contributed by atoms with Gasteiger partial charge in [-0.1, -0.05) is 0 Å². The van der Waals surface area contributed by atoms with Crippen LogP contribution in [0.2, 0.25) is 0 Å². The topological polar surface area (TPSA) is 86.7 Å². The van der Waals surface area contributed by atoms with E-state index in [-0.39, 0.29) is 59.1 Å². The number of halogens is 16. The van der Waals surface area contributed by atoms with Crippen molar-refractivity contribution >= 4 is 81.3 Å². The summed E-state index contributed by atoms with van der Waals surface area (Å²) in [5.41, 5.74) is 0. The van der Waals surface area contributed by atoms with Gasteiger partial charge in [0.1, 0.15) is 0 Å². The fraction of sp³-hybridized carbons (Fsp3) is 1.00. The van der Waals surface area contributed by atoms with Crippen LogP contribution in [0.1, 0.15) is 0 Å². The van der Waals surface area contributed by atoms with E-state index >= 15 is 0 Å². The Labute approximate surface area is 224 Å². The summed E-state index contributed by atoms with van der Waals surface area (Å²) in [6, 6.07) is -48.4. The third kappa shape index (κ3) is 4.68. The zero-order chi connectivity index (χ0) is 26.3. The first kappa shape index (κ1) is 37.2. The van der Waals surface area contributed by atoms with E-state index in [9.17, 15) is 87.8 Å². The molecule has 1 heterocycles. The molecule has 2 unspecified atom stereocenters. The normalized spacial score (nSPS) is 25.0. The number of alkyl halides is 16. The van der Waals surface area contributed by atoms with Crippen molar-refractivity contribution < 1.29 is 87.8 Å². The van der Waals surface area contributed by atoms with Crippen LogP contribution in [-0.2, 0) is 22.2 Å². The van der Waals surface area contributed by atoms with Crippen molar-refractivity contribution in [1.29, 1.82) is 0 Å². The first-order chi connectivity index (χ1) is 13.6. The summed E-state index contributed by atoms with van der Waals surface area (Å²) in [5.74, 6) is 0. The van der Waals surface area contributed by atoms with E-state index < -0.39 is 78.7 Å². The molecular weight excluding hydrogens is 602 g/mol. The van der Waals surface area contributed by atoms with Gasteiger partial charge >= 0.3 is 46.8 Å². The van der Waals surface area contributed by atoms with Gasteiger partial charge < -0.3 is 9.11 Å². The summed E-state index contributed by atoms with van der Waals surface area (Å²) >= 11 is -11.6. The van der Waals surface area contributed by atoms with E-state index in [0.29, 0.717) is 0 Å². The van der Waals surface area contributed by atoms with Gasteiger partial charge in [-0.25, -0.2) is 0 Å². The van der Waals surface area contributed by atoms with Crippen molar-refractivity contribution in [2.24, 2.45) is 0 Å². The van der Waals surface area contributed by atoms with E-state index in [1.807, 2.05) is 0 Å². The molecule has 194 valence electrons. The summed E-state index contributed by atoms with van der Waals surface area (Å²) in [6.07, 6.45) is 0. The van der Waals surface area contributed by atoms with Crippen LogP contribution in [0.15, 0.2) is 0 Å². The van der Waals surface area contributed by atoms with Gasteiger partial charge in [0.05, 0.1) is 0 Å². The second-order valence-electron chi connectivity index (χ2n) is 5.42. The Kier molecular flexibility index (Phi) is 10.9. The van der Waals surface area contributed by atoms with Crippen LogP contribution in [0, 0.1) is 0 Å². The molecule has 0 bridgehead atoms. The fourth-order valence-corrected chi connectivity index (χ4v) is 2.64. The Morgan fingerprint density at radius 1 is 0.500 bits per heavy atom. The molecule has 0 aromatic heterocycles. The van der Waals surface area contributed by atoms with Crippen LogP contribution < -0.4 is 0 Å². The first-order valence-electron chi connectivity index (χ1n) is 6.44. The SMILES string of the molecule is O=S([O-])C(F)(F)C(F)(F)N1C(F)(F)C(F)(F)N(C(F)(F)C(F)(F)S(=O)[O-])C(F)(F)C1(F)F.[Na].[Na]. The molecule has 0 amide bonds. The second-order valence-corrected chi connectivity index (χ2v) is 7.39. The fourth-order valence-electron chi connectivity index (χ4n) is 2.06. The molecule has 2 radical (unpaired) electrons. The van der Waals surface area contributed by atoms with E-state index in [4.69, 9.17) is 0 Å². The Morgan fingerprint density at radius 3 is 0.765 bits per heavy atom. The molecule has 34 heavy (non-hydrogen) atoms. The van der Waals surface area contributed by atoms with Crippen LogP contribution >= 0.6 is 0 Å². The third-order valence-electron chi connectivity index (χ3n) is 3.53. The smallest absolute Gasteiger partial charge is 0.392 e. The number of nitrogens with zero attached hydrogens (tertiary/aromatic N) is 2. The molecule has 1 aliphatic rings. The van der Waals surface area contributed by atoms with Crippen LogP contribution in [0.25, 0.3) is 0 Å². The van der Waals surface area contributed by atoms with Crippen molar-refractivity contribution in [3.05, 3.63) is 0 Å². The predicted octanol–water partition coefficient (Wildman–Crippen LogP) is 2.34. The van der Waals surface area contributed by atoms with Crippen molar-refractivity contribution in [1.82, 2.24) is 9.80 Å². The Balaban J connectivity index is 0. The van der Waals surface area contributed by atoms with Gasteiger partial charge in [-0.05, 0) is 0 Å². The van der Waals surface area contributed by atoms with E-state index in [0.717, 1.165) is 0 Å². The molecular formula is C8F16N2Na2O4S2-2. The molecule has 1 fully saturated rings. The summed E-state index contributed by atoms with van der Waals surface area (Å²) in [4.78, 5) is -8.91. The molecule has 0 spiro atoms. The monoisotopic (exact) mass is 602 g/mol. The quantitative estimate of drug-likeness (QED) is 0.201. The minimum Gasteiger partial charge on any atom is -0.768 e. The van der Waals surface area contributed by atoms with Crippen LogP contribution in [0.3, 0.4) is 0 Å². The Bertz CT molecular complexity index is 735. The molecule has 0 N–H and O–H groups in total. The van der Waals surface area contributed by atoms with Gasteiger partial charge in [-0.3, -0.25) is 8.42 Å². The zero-order valence-electron chi connectivity index (χ0n) is 15.4. The number of rotatable bonds is 6. The van der Waals surface area contributed by atoms with Crippen molar-refractivity contribution in [2.45, 2.75) is 46.8 Å². The van der Waals surface area contributed by atoms with Gasteiger partial charge in [0.15, 0.2) is 0 Å². The average molecular weight is 602 g/mol.